The third-order valence-corrected chi connectivity index (χ3v) is 6.04. The van der Waals surface area contributed by atoms with Crippen molar-refractivity contribution >= 4 is 11.8 Å². The summed E-state index contributed by atoms with van der Waals surface area (Å²) in [5.41, 5.74) is 2.53. The molecule has 8 nitrogen and oxygen atoms in total. The average Bonchev–Trinajstić information content (AvgIpc) is 3.47. The van der Waals surface area contributed by atoms with Crippen molar-refractivity contribution < 1.29 is 9.59 Å². The molecule has 2 aliphatic rings. The molecule has 0 atom stereocenters. The van der Waals surface area contributed by atoms with Gasteiger partial charge in [0.25, 0.3) is 5.91 Å². The molecule has 0 unspecified atom stereocenters. The molecule has 2 aromatic rings. The van der Waals surface area contributed by atoms with Crippen LogP contribution in [0, 0.1) is 5.92 Å². The maximum Gasteiger partial charge on any atom is 0.272 e. The molecule has 162 valence electrons. The topological polar surface area (TPSA) is 85.0 Å². The summed E-state index contributed by atoms with van der Waals surface area (Å²) < 4.78 is 3.77. The second-order valence-corrected chi connectivity index (χ2v) is 8.89. The fraction of sp³-hybridized carbons (Fsp3) is 0.636. The minimum atomic E-state index is -0.0912. The number of hydrogen-bond acceptors (Lipinski definition) is 4. The van der Waals surface area contributed by atoms with Crippen molar-refractivity contribution in [3.05, 3.63) is 35.4 Å². The van der Waals surface area contributed by atoms with Gasteiger partial charge in [-0.1, -0.05) is 26.7 Å². The Bertz CT molecular complexity index is 880. The molecule has 0 radical (unpaired) electrons. The number of hydrogen-bond donors (Lipinski definition) is 1. The minimum absolute atomic E-state index is 0.0912. The number of aryl methyl sites for hydroxylation is 1. The predicted octanol–water partition coefficient (Wildman–Crippen LogP) is 2.38. The van der Waals surface area contributed by atoms with Crippen molar-refractivity contribution in [3.8, 4) is 0 Å². The van der Waals surface area contributed by atoms with Gasteiger partial charge in [-0.25, -0.2) is 0 Å². The van der Waals surface area contributed by atoms with E-state index in [1.165, 1.54) is 12.8 Å². The van der Waals surface area contributed by atoms with Crippen LogP contribution in [0.3, 0.4) is 0 Å². The number of nitrogens with one attached hydrogen (secondary N) is 1. The maximum absolute atomic E-state index is 13.0. The Kier molecular flexibility index (Phi) is 6.20. The molecule has 2 aromatic heterocycles. The van der Waals surface area contributed by atoms with Crippen LogP contribution in [0.2, 0.25) is 0 Å². The van der Waals surface area contributed by atoms with Crippen LogP contribution in [-0.4, -0.2) is 48.9 Å². The Hall–Kier alpha value is -2.64. The van der Waals surface area contributed by atoms with Gasteiger partial charge in [0.15, 0.2) is 5.69 Å². The normalized spacial score (nSPS) is 16.8. The molecule has 1 fully saturated rings. The number of carbonyl (C=O) groups is 2. The number of aromatic nitrogens is 4. The quantitative estimate of drug-likeness (QED) is 0.757. The fourth-order valence-corrected chi connectivity index (χ4v) is 4.51. The van der Waals surface area contributed by atoms with Crippen LogP contribution >= 0.6 is 0 Å². The standard InChI is InChI=1S/C22H32N6O2/c1-16(2)14-28-19-8-12-26(20(29)9-13-27-11-5-10-23-27)15-18(19)21(25-28)22(30)24-17-6-3-4-7-17/h5,10-11,16-17H,3-4,6-9,12-15H2,1-2H3,(H,24,30). The highest BCUT2D eigenvalue weighted by atomic mass is 16.2. The van der Waals surface area contributed by atoms with E-state index < -0.39 is 0 Å². The number of carbonyl (C=O) groups excluding carboxylic acids is 2. The first-order valence-corrected chi connectivity index (χ1v) is 11.2. The number of amides is 2. The monoisotopic (exact) mass is 412 g/mol. The zero-order valence-corrected chi connectivity index (χ0v) is 18.0. The van der Waals surface area contributed by atoms with Gasteiger partial charge in [-0.3, -0.25) is 19.0 Å². The van der Waals surface area contributed by atoms with Gasteiger partial charge < -0.3 is 10.2 Å². The first kappa shape index (κ1) is 20.6. The molecular formula is C22H32N6O2. The van der Waals surface area contributed by atoms with Gasteiger partial charge in [-0.05, 0) is 24.8 Å². The van der Waals surface area contributed by atoms with Crippen molar-refractivity contribution in [1.82, 2.24) is 29.8 Å². The average molecular weight is 413 g/mol. The van der Waals surface area contributed by atoms with Crippen LogP contribution < -0.4 is 5.32 Å². The van der Waals surface area contributed by atoms with Crippen molar-refractivity contribution in [2.45, 2.75) is 78.0 Å². The van der Waals surface area contributed by atoms with E-state index in [1.807, 2.05) is 21.8 Å². The summed E-state index contributed by atoms with van der Waals surface area (Å²) in [5, 5.41) is 12.0. The van der Waals surface area contributed by atoms with E-state index in [1.54, 1.807) is 10.9 Å². The molecule has 4 rings (SSSR count). The summed E-state index contributed by atoms with van der Waals surface area (Å²) in [6.45, 7) is 6.78. The van der Waals surface area contributed by atoms with Gasteiger partial charge >= 0.3 is 0 Å². The number of nitrogens with zero attached hydrogens (tertiary/aromatic N) is 5. The molecular weight excluding hydrogens is 380 g/mol. The van der Waals surface area contributed by atoms with Gasteiger partial charge in [0.1, 0.15) is 0 Å². The lowest BCUT2D eigenvalue weighted by Gasteiger charge is -2.28. The Morgan fingerprint density at radius 3 is 2.77 bits per heavy atom. The van der Waals surface area contributed by atoms with Crippen LogP contribution in [-0.2, 0) is 30.8 Å². The highest BCUT2D eigenvalue weighted by molar-refractivity contribution is 5.94. The van der Waals surface area contributed by atoms with E-state index in [0.717, 1.165) is 37.1 Å². The molecule has 0 aromatic carbocycles. The lowest BCUT2D eigenvalue weighted by atomic mass is 10.0. The lowest BCUT2D eigenvalue weighted by molar-refractivity contribution is -0.132. The molecule has 0 bridgehead atoms. The van der Waals surface area contributed by atoms with Crippen LogP contribution in [0.4, 0.5) is 0 Å². The SMILES string of the molecule is CC(C)Cn1nc(C(=O)NC2CCCC2)c2c1CCN(C(=O)CCn1cccn1)C2. The van der Waals surface area contributed by atoms with E-state index in [0.29, 0.717) is 37.7 Å². The third-order valence-electron chi connectivity index (χ3n) is 6.04. The summed E-state index contributed by atoms with van der Waals surface area (Å²) in [6.07, 6.45) is 9.14. The van der Waals surface area contributed by atoms with E-state index in [-0.39, 0.29) is 17.9 Å². The molecule has 30 heavy (non-hydrogen) atoms. The van der Waals surface area contributed by atoms with Gasteiger partial charge in [0.2, 0.25) is 5.91 Å². The zero-order valence-electron chi connectivity index (χ0n) is 18.0. The van der Waals surface area contributed by atoms with Gasteiger partial charge in [-0.2, -0.15) is 10.2 Å². The Morgan fingerprint density at radius 2 is 2.07 bits per heavy atom. The summed E-state index contributed by atoms with van der Waals surface area (Å²) in [4.78, 5) is 27.7. The zero-order chi connectivity index (χ0) is 21.1. The molecule has 1 aliphatic heterocycles. The number of rotatable bonds is 7. The molecule has 2 amide bonds. The largest absolute Gasteiger partial charge is 0.348 e. The summed E-state index contributed by atoms with van der Waals surface area (Å²) in [7, 11) is 0. The Labute approximate surface area is 177 Å². The minimum Gasteiger partial charge on any atom is -0.348 e. The highest BCUT2D eigenvalue weighted by Crippen LogP contribution is 2.25. The van der Waals surface area contributed by atoms with Crippen molar-refractivity contribution in [2.24, 2.45) is 5.92 Å². The molecule has 0 saturated heterocycles. The molecule has 1 N–H and O–H groups in total. The van der Waals surface area contributed by atoms with E-state index in [9.17, 15) is 9.59 Å². The summed E-state index contributed by atoms with van der Waals surface area (Å²) in [6, 6.07) is 2.11. The molecule has 8 heteroatoms. The van der Waals surface area contributed by atoms with Crippen LogP contribution in [0.15, 0.2) is 18.5 Å². The Balaban J connectivity index is 1.50. The lowest BCUT2D eigenvalue weighted by Crippen LogP contribution is -2.38. The molecule has 1 saturated carbocycles. The first-order chi connectivity index (χ1) is 14.5. The van der Waals surface area contributed by atoms with Crippen molar-refractivity contribution in [2.75, 3.05) is 6.54 Å². The van der Waals surface area contributed by atoms with Gasteiger partial charge in [-0.15, -0.1) is 0 Å². The van der Waals surface area contributed by atoms with Crippen LogP contribution in [0.1, 0.15) is 67.7 Å². The second kappa shape index (κ2) is 9.02. The van der Waals surface area contributed by atoms with Crippen molar-refractivity contribution in [1.29, 1.82) is 0 Å². The fourth-order valence-electron chi connectivity index (χ4n) is 4.51. The predicted molar refractivity (Wildman–Crippen MR) is 113 cm³/mol. The maximum atomic E-state index is 13.0. The molecule has 1 aliphatic carbocycles. The van der Waals surface area contributed by atoms with Gasteiger partial charge in [0, 0.05) is 68.7 Å². The summed E-state index contributed by atoms with van der Waals surface area (Å²) >= 11 is 0. The highest BCUT2D eigenvalue weighted by Gasteiger charge is 2.31. The second-order valence-electron chi connectivity index (χ2n) is 8.89. The van der Waals surface area contributed by atoms with E-state index in [4.69, 9.17) is 5.10 Å². The third kappa shape index (κ3) is 4.57. The van der Waals surface area contributed by atoms with E-state index in [2.05, 4.69) is 24.3 Å². The Morgan fingerprint density at radius 1 is 1.27 bits per heavy atom. The van der Waals surface area contributed by atoms with Crippen LogP contribution in [0.25, 0.3) is 0 Å². The van der Waals surface area contributed by atoms with Crippen molar-refractivity contribution in [3.63, 3.8) is 0 Å². The first-order valence-electron chi connectivity index (χ1n) is 11.2. The van der Waals surface area contributed by atoms with E-state index >= 15 is 0 Å². The number of fused-ring (bicyclic) bond motifs is 1. The molecule has 3 heterocycles. The van der Waals surface area contributed by atoms with Crippen LogP contribution in [0.5, 0.6) is 0 Å². The summed E-state index contributed by atoms with van der Waals surface area (Å²) in [5.74, 6) is 0.440. The molecule has 0 spiro atoms. The smallest absolute Gasteiger partial charge is 0.272 e. The van der Waals surface area contributed by atoms with Gasteiger partial charge in [0.05, 0.1) is 0 Å².